The molecule has 0 aliphatic carbocycles. The molecule has 0 aromatic heterocycles. The monoisotopic (exact) mass is 444 g/mol. The predicted molar refractivity (Wildman–Crippen MR) is 132 cm³/mol. The molecule has 7 heteroatoms. The van der Waals surface area contributed by atoms with Gasteiger partial charge in [-0.1, -0.05) is 79.9 Å². The first-order valence-corrected chi connectivity index (χ1v) is 11.2. The zero-order chi connectivity index (χ0) is 23.5. The fourth-order valence-electron chi connectivity index (χ4n) is 3.59. The van der Waals surface area contributed by atoms with Gasteiger partial charge in [-0.25, -0.2) is 0 Å². The predicted octanol–water partition coefficient (Wildman–Crippen LogP) is 4.12. The first-order valence-electron chi connectivity index (χ1n) is 11.2. The van der Waals surface area contributed by atoms with E-state index < -0.39 is 13.2 Å². The molecule has 0 spiro atoms. The maximum atomic E-state index is 13.1. The standard InChI is InChI=1S/C26H29BN2O4/c30-25(21-13-6-2-7-14-21)29-24(17-8-3-9-18-27(32)33)26(31)28-23-16-10-15-22(19-23)20-11-4-1-5-12-20/h1-2,4-7,10-16,19,24,32-33H,3,8-9,17-18H2,(H,28,31)(H,29,30)/t24-/m0/s1. The molecule has 0 radical (unpaired) electrons. The Bertz CT molecular complexity index is 1030. The number of carbonyl (C=O) groups excluding carboxylic acids is 2. The summed E-state index contributed by atoms with van der Waals surface area (Å²) in [7, 11) is -1.32. The lowest BCUT2D eigenvalue weighted by Gasteiger charge is -2.19. The molecule has 33 heavy (non-hydrogen) atoms. The van der Waals surface area contributed by atoms with E-state index in [1.807, 2.05) is 60.7 Å². The fourth-order valence-corrected chi connectivity index (χ4v) is 3.59. The Morgan fingerprint density at radius 1 is 0.788 bits per heavy atom. The summed E-state index contributed by atoms with van der Waals surface area (Å²) in [6, 6.07) is 25.6. The molecule has 6 nitrogen and oxygen atoms in total. The Morgan fingerprint density at radius 2 is 1.45 bits per heavy atom. The highest BCUT2D eigenvalue weighted by molar-refractivity contribution is 6.40. The third kappa shape index (κ3) is 7.90. The topological polar surface area (TPSA) is 98.7 Å². The van der Waals surface area contributed by atoms with Crippen molar-refractivity contribution in [3.63, 3.8) is 0 Å². The van der Waals surface area contributed by atoms with Gasteiger partial charge in [0.2, 0.25) is 5.91 Å². The molecule has 0 bridgehead atoms. The number of anilines is 1. The van der Waals surface area contributed by atoms with Gasteiger partial charge in [0.05, 0.1) is 0 Å². The number of hydrogen-bond donors (Lipinski definition) is 4. The van der Waals surface area contributed by atoms with Gasteiger partial charge in [-0.15, -0.1) is 0 Å². The lowest BCUT2D eigenvalue weighted by Crippen LogP contribution is -2.43. The van der Waals surface area contributed by atoms with Gasteiger partial charge in [0.1, 0.15) is 6.04 Å². The minimum Gasteiger partial charge on any atom is -0.427 e. The summed E-state index contributed by atoms with van der Waals surface area (Å²) in [5.74, 6) is -0.591. The van der Waals surface area contributed by atoms with Gasteiger partial charge in [0.15, 0.2) is 0 Å². The third-order valence-electron chi connectivity index (χ3n) is 5.35. The van der Waals surface area contributed by atoms with E-state index in [4.69, 9.17) is 10.0 Å². The second-order valence-electron chi connectivity index (χ2n) is 7.95. The van der Waals surface area contributed by atoms with Crippen LogP contribution >= 0.6 is 0 Å². The summed E-state index contributed by atoms with van der Waals surface area (Å²) < 4.78 is 0. The minimum absolute atomic E-state index is 0.285. The molecular formula is C26H29BN2O4. The number of hydrogen-bond acceptors (Lipinski definition) is 4. The number of unbranched alkanes of at least 4 members (excludes halogenated alkanes) is 2. The molecule has 4 N–H and O–H groups in total. The van der Waals surface area contributed by atoms with E-state index in [1.54, 1.807) is 24.3 Å². The van der Waals surface area contributed by atoms with Crippen LogP contribution in [0.1, 0.15) is 36.0 Å². The molecule has 0 heterocycles. The first kappa shape index (κ1) is 24.2. The number of amides is 2. The molecule has 0 aliphatic heterocycles. The summed E-state index contributed by atoms with van der Waals surface area (Å²) in [5.41, 5.74) is 3.18. The van der Waals surface area contributed by atoms with Crippen molar-refractivity contribution in [2.75, 3.05) is 5.32 Å². The van der Waals surface area contributed by atoms with Crippen LogP contribution in [-0.4, -0.2) is 35.0 Å². The van der Waals surface area contributed by atoms with Crippen molar-refractivity contribution < 1.29 is 19.6 Å². The summed E-state index contributed by atoms with van der Waals surface area (Å²) >= 11 is 0. The first-order chi connectivity index (χ1) is 16.0. The molecule has 3 aromatic carbocycles. The maximum absolute atomic E-state index is 13.1. The van der Waals surface area contributed by atoms with Gasteiger partial charge >= 0.3 is 7.12 Å². The molecule has 170 valence electrons. The van der Waals surface area contributed by atoms with E-state index in [2.05, 4.69) is 10.6 Å². The molecule has 3 rings (SSSR count). The second kappa shape index (κ2) is 12.6. The zero-order valence-electron chi connectivity index (χ0n) is 18.5. The number of nitrogens with one attached hydrogen (secondary N) is 2. The summed E-state index contributed by atoms with van der Waals surface area (Å²) in [6.45, 7) is 0. The molecule has 0 saturated heterocycles. The van der Waals surface area contributed by atoms with Gasteiger partial charge in [0, 0.05) is 11.3 Å². The average Bonchev–Trinajstić information content (AvgIpc) is 2.84. The molecule has 0 aliphatic rings. The van der Waals surface area contributed by atoms with Gasteiger partial charge in [-0.2, -0.15) is 0 Å². The van der Waals surface area contributed by atoms with Gasteiger partial charge in [-0.05, 0) is 48.1 Å². The van der Waals surface area contributed by atoms with Crippen molar-refractivity contribution in [2.24, 2.45) is 0 Å². The SMILES string of the molecule is O=C(N[C@@H](CCCCCB(O)O)C(=O)Nc1cccc(-c2ccccc2)c1)c1ccccc1. The maximum Gasteiger partial charge on any atom is 0.451 e. The van der Waals surface area contributed by atoms with Crippen LogP contribution in [0.4, 0.5) is 5.69 Å². The van der Waals surface area contributed by atoms with E-state index in [1.165, 1.54) is 0 Å². The lowest BCUT2D eigenvalue weighted by atomic mass is 9.83. The van der Waals surface area contributed by atoms with Crippen molar-refractivity contribution in [1.29, 1.82) is 0 Å². The summed E-state index contributed by atoms with van der Waals surface area (Å²) in [6.07, 6.45) is 2.78. The molecule has 0 fully saturated rings. The number of carbonyl (C=O) groups is 2. The Hall–Kier alpha value is -3.42. The van der Waals surface area contributed by atoms with Crippen LogP contribution in [0.15, 0.2) is 84.9 Å². The van der Waals surface area contributed by atoms with Crippen LogP contribution in [0.3, 0.4) is 0 Å². The number of rotatable bonds is 11. The Morgan fingerprint density at radius 3 is 2.15 bits per heavy atom. The Kier molecular flexibility index (Phi) is 9.24. The van der Waals surface area contributed by atoms with E-state index in [0.29, 0.717) is 36.8 Å². The lowest BCUT2D eigenvalue weighted by molar-refractivity contribution is -0.118. The van der Waals surface area contributed by atoms with E-state index in [0.717, 1.165) is 17.5 Å². The quantitative estimate of drug-likeness (QED) is 0.264. The van der Waals surface area contributed by atoms with Crippen LogP contribution in [0.5, 0.6) is 0 Å². The molecule has 0 unspecified atom stereocenters. The molecule has 2 amide bonds. The van der Waals surface area contributed by atoms with E-state index in [-0.39, 0.29) is 11.8 Å². The van der Waals surface area contributed by atoms with Crippen LogP contribution in [0.25, 0.3) is 11.1 Å². The molecule has 3 aromatic rings. The van der Waals surface area contributed by atoms with Crippen LogP contribution < -0.4 is 10.6 Å². The van der Waals surface area contributed by atoms with Gasteiger partial charge in [0.25, 0.3) is 5.91 Å². The van der Waals surface area contributed by atoms with Gasteiger partial charge in [-0.3, -0.25) is 9.59 Å². The van der Waals surface area contributed by atoms with Crippen molar-refractivity contribution >= 4 is 24.6 Å². The Labute approximate surface area is 194 Å². The minimum atomic E-state index is -1.32. The largest absolute Gasteiger partial charge is 0.451 e. The van der Waals surface area contributed by atoms with Crippen molar-refractivity contribution in [2.45, 2.75) is 38.0 Å². The number of benzene rings is 3. The van der Waals surface area contributed by atoms with Gasteiger partial charge < -0.3 is 20.7 Å². The second-order valence-corrected chi connectivity index (χ2v) is 7.95. The van der Waals surface area contributed by atoms with E-state index in [9.17, 15) is 9.59 Å². The molecular weight excluding hydrogens is 415 g/mol. The molecule has 1 atom stereocenters. The summed E-state index contributed by atoms with van der Waals surface area (Å²) in [5, 5.41) is 23.8. The van der Waals surface area contributed by atoms with E-state index >= 15 is 0 Å². The Balaban J connectivity index is 1.68. The summed E-state index contributed by atoms with van der Waals surface area (Å²) in [4.78, 5) is 25.8. The average molecular weight is 444 g/mol. The smallest absolute Gasteiger partial charge is 0.427 e. The fraction of sp³-hybridized carbons (Fsp3) is 0.231. The third-order valence-corrected chi connectivity index (χ3v) is 5.35. The highest BCUT2D eigenvalue weighted by Gasteiger charge is 2.21. The highest BCUT2D eigenvalue weighted by Crippen LogP contribution is 2.22. The van der Waals surface area contributed by atoms with Crippen molar-refractivity contribution in [3.8, 4) is 11.1 Å². The normalized spacial score (nSPS) is 11.5. The zero-order valence-corrected chi connectivity index (χ0v) is 18.5. The van der Waals surface area contributed by atoms with Crippen LogP contribution in [0, 0.1) is 0 Å². The van der Waals surface area contributed by atoms with Crippen LogP contribution in [-0.2, 0) is 4.79 Å². The molecule has 0 saturated carbocycles. The van der Waals surface area contributed by atoms with Crippen LogP contribution in [0.2, 0.25) is 6.32 Å². The highest BCUT2D eigenvalue weighted by atomic mass is 16.4. The van der Waals surface area contributed by atoms with Crippen molar-refractivity contribution in [1.82, 2.24) is 5.32 Å². The van der Waals surface area contributed by atoms with Crippen molar-refractivity contribution in [3.05, 3.63) is 90.5 Å².